The third-order valence-electron chi connectivity index (χ3n) is 8.96. The molecule has 46 heavy (non-hydrogen) atoms. The molecule has 4 aliphatic heterocycles. The average Bonchev–Trinajstić information content (AvgIpc) is 3.08. The van der Waals surface area contributed by atoms with Crippen LogP contribution in [0.2, 0.25) is 0 Å². The number of rotatable bonds is 15. The Bertz CT molecular complexity index is 872. The molecule has 17 heteroatoms. The third kappa shape index (κ3) is 8.19. The number of aliphatic hydroxyl groups is 1. The third-order valence-corrected chi connectivity index (χ3v) is 8.96. The van der Waals surface area contributed by atoms with Crippen molar-refractivity contribution in [2.45, 2.75) is 98.4 Å². The van der Waals surface area contributed by atoms with Crippen LogP contribution in [0.15, 0.2) is 0 Å². The van der Waals surface area contributed by atoms with Crippen LogP contribution in [0.5, 0.6) is 0 Å². The van der Waals surface area contributed by atoms with Crippen LogP contribution in [0.1, 0.15) is 0 Å². The van der Waals surface area contributed by atoms with Crippen molar-refractivity contribution >= 4 is 0 Å². The van der Waals surface area contributed by atoms with Gasteiger partial charge >= 0.3 is 0 Å². The summed E-state index contributed by atoms with van der Waals surface area (Å²) in [4.78, 5) is 0. The zero-order chi connectivity index (χ0) is 33.4. The molecule has 0 amide bonds. The van der Waals surface area contributed by atoms with Gasteiger partial charge in [-0.15, -0.1) is 0 Å². The van der Waals surface area contributed by atoms with Gasteiger partial charge in [-0.3, -0.25) is 0 Å². The summed E-state index contributed by atoms with van der Waals surface area (Å²) in [7, 11) is 13.9. The lowest BCUT2D eigenvalue weighted by molar-refractivity contribution is -0.364. The van der Waals surface area contributed by atoms with E-state index < -0.39 is 92.3 Å². The first-order valence-electron chi connectivity index (χ1n) is 15.2. The van der Waals surface area contributed by atoms with E-state index in [1.165, 1.54) is 28.4 Å². The molecule has 0 saturated carbocycles. The van der Waals surface area contributed by atoms with E-state index in [1.807, 2.05) is 0 Å². The molecule has 270 valence electrons. The fourth-order valence-corrected chi connectivity index (χ4v) is 6.54. The van der Waals surface area contributed by atoms with E-state index in [0.29, 0.717) is 0 Å². The number of ether oxygens (including phenoxy) is 16. The quantitative estimate of drug-likeness (QED) is 0.218. The largest absolute Gasteiger partial charge is 0.376 e. The average molecular weight is 673 g/mol. The first kappa shape index (κ1) is 38.1. The monoisotopic (exact) mass is 672 g/mol. The van der Waals surface area contributed by atoms with Crippen LogP contribution in [-0.4, -0.2) is 194 Å². The molecule has 0 spiro atoms. The van der Waals surface area contributed by atoms with Crippen molar-refractivity contribution in [2.75, 3.05) is 90.4 Å². The molecule has 4 fully saturated rings. The molecular formula is C29H52O17. The fraction of sp³-hybridized carbons (Fsp3) is 1.00. The second-order valence-electron chi connectivity index (χ2n) is 11.2. The van der Waals surface area contributed by atoms with Gasteiger partial charge in [0.1, 0.15) is 73.2 Å². The van der Waals surface area contributed by atoms with E-state index >= 15 is 0 Å². The smallest absolute Gasteiger partial charge is 0.187 e. The first-order valence-corrected chi connectivity index (χ1v) is 15.2. The number of aliphatic hydroxyl groups excluding tert-OH is 1. The summed E-state index contributed by atoms with van der Waals surface area (Å²) >= 11 is 0. The molecule has 0 aromatic carbocycles. The molecule has 0 aromatic rings. The summed E-state index contributed by atoms with van der Waals surface area (Å²) in [6.45, 7) is 0.478. The molecule has 4 saturated heterocycles. The Balaban J connectivity index is 1.41. The maximum Gasteiger partial charge on any atom is 0.187 e. The molecule has 0 aromatic heterocycles. The highest BCUT2D eigenvalue weighted by Crippen LogP contribution is 2.33. The number of methoxy groups -OCH3 is 9. The Morgan fingerprint density at radius 2 is 0.630 bits per heavy atom. The molecule has 16 atom stereocenters. The first-order chi connectivity index (χ1) is 22.3. The van der Waals surface area contributed by atoms with Crippen LogP contribution in [-0.2, 0) is 75.8 Å². The molecule has 4 rings (SSSR count). The van der Waals surface area contributed by atoms with Crippen molar-refractivity contribution in [3.63, 3.8) is 0 Å². The molecule has 0 bridgehead atoms. The highest BCUT2D eigenvalue weighted by Gasteiger charge is 2.52. The Hall–Kier alpha value is -0.680. The van der Waals surface area contributed by atoms with Crippen LogP contribution in [0.3, 0.4) is 0 Å². The molecule has 1 N–H and O–H groups in total. The lowest BCUT2D eigenvalue weighted by Crippen LogP contribution is -2.63. The standard InChI is InChI=1S/C29H52O17/c1-31-14-10-41-27(23(37-7)18(14)32-2)45-16-12-43-29(25(39-9)20(16)34-4)46-17-13-42-28(24(38-8)21(17)35-5)44-15-11-40-26(30)22(36-6)19(15)33-3/h14-30H,10-13H2,1-9H3/t14-,15-,16-,17-,18+,19+,20+,21+,22-,23-,24-,25-,26-,27+,28+,29+/m1/s1. The van der Waals surface area contributed by atoms with Crippen LogP contribution < -0.4 is 0 Å². The molecule has 0 unspecified atom stereocenters. The highest BCUT2D eigenvalue weighted by atomic mass is 16.8. The maximum absolute atomic E-state index is 10.2. The van der Waals surface area contributed by atoms with E-state index in [0.717, 1.165) is 0 Å². The molecule has 4 aliphatic rings. The lowest BCUT2D eigenvalue weighted by Gasteiger charge is -2.47. The van der Waals surface area contributed by atoms with Crippen LogP contribution >= 0.6 is 0 Å². The van der Waals surface area contributed by atoms with Gasteiger partial charge in [-0.1, -0.05) is 0 Å². The minimum atomic E-state index is -1.16. The summed E-state index contributed by atoms with van der Waals surface area (Å²) in [5, 5.41) is 10.2. The molecule has 4 heterocycles. The lowest BCUT2D eigenvalue weighted by atomic mass is 10.0. The summed E-state index contributed by atoms with van der Waals surface area (Å²) < 4.78 is 93.7. The van der Waals surface area contributed by atoms with Crippen molar-refractivity contribution < 1.29 is 80.9 Å². The minimum Gasteiger partial charge on any atom is -0.376 e. The zero-order valence-corrected chi connectivity index (χ0v) is 28.0. The van der Waals surface area contributed by atoms with E-state index in [2.05, 4.69) is 0 Å². The van der Waals surface area contributed by atoms with E-state index in [-0.39, 0.29) is 32.5 Å². The highest BCUT2D eigenvalue weighted by molar-refractivity contribution is 4.94. The number of hydrogen-bond donors (Lipinski definition) is 1. The van der Waals surface area contributed by atoms with Gasteiger partial charge in [0, 0.05) is 64.0 Å². The van der Waals surface area contributed by atoms with Crippen LogP contribution in [0.4, 0.5) is 0 Å². The van der Waals surface area contributed by atoms with Gasteiger partial charge in [0.05, 0.1) is 26.4 Å². The Morgan fingerprint density at radius 1 is 0.348 bits per heavy atom. The van der Waals surface area contributed by atoms with Gasteiger partial charge < -0.3 is 80.9 Å². The van der Waals surface area contributed by atoms with Crippen LogP contribution in [0.25, 0.3) is 0 Å². The van der Waals surface area contributed by atoms with Gasteiger partial charge in [0.25, 0.3) is 0 Å². The van der Waals surface area contributed by atoms with Crippen LogP contribution in [0, 0.1) is 0 Å². The summed E-state index contributed by atoms with van der Waals surface area (Å²) in [6.07, 6.45) is -10.9. The Morgan fingerprint density at radius 3 is 0.957 bits per heavy atom. The SMILES string of the molecule is CO[C@@H]1[C@@H](OC)[C@H](O[C@@H]2OC[C@@H](O[C@@H]3OC[C@@H](O[C@@H]4OC[C@@H](OC)[C@H](OC)[C@H]4OC)[C@H](OC)[C@H]3OC)[C@H](OC)[C@H]2OC)CO[C@H]1O. The van der Waals surface area contributed by atoms with Crippen molar-refractivity contribution in [1.82, 2.24) is 0 Å². The van der Waals surface area contributed by atoms with Crippen molar-refractivity contribution in [3.8, 4) is 0 Å². The Kier molecular flexibility index (Phi) is 15.2. The molecule has 0 aliphatic carbocycles. The van der Waals surface area contributed by atoms with Gasteiger partial charge in [-0.05, 0) is 0 Å². The predicted octanol–water partition coefficient (Wildman–Crippen LogP) is -1.31. The van der Waals surface area contributed by atoms with Crippen molar-refractivity contribution in [2.24, 2.45) is 0 Å². The molecule has 17 nitrogen and oxygen atoms in total. The van der Waals surface area contributed by atoms with Gasteiger partial charge in [0.2, 0.25) is 0 Å². The van der Waals surface area contributed by atoms with E-state index in [9.17, 15) is 5.11 Å². The van der Waals surface area contributed by atoms with Gasteiger partial charge in [0.15, 0.2) is 25.2 Å². The van der Waals surface area contributed by atoms with Crippen molar-refractivity contribution in [1.29, 1.82) is 0 Å². The van der Waals surface area contributed by atoms with E-state index in [4.69, 9.17) is 75.8 Å². The predicted molar refractivity (Wildman–Crippen MR) is 153 cm³/mol. The van der Waals surface area contributed by atoms with E-state index in [1.54, 1.807) is 35.5 Å². The zero-order valence-electron chi connectivity index (χ0n) is 28.0. The summed E-state index contributed by atoms with van der Waals surface area (Å²) in [5.74, 6) is 0. The minimum absolute atomic E-state index is 0.0522. The maximum atomic E-state index is 10.2. The normalized spacial score (nSPS) is 45.5. The fourth-order valence-electron chi connectivity index (χ4n) is 6.54. The Labute approximate surface area is 270 Å². The summed E-state index contributed by atoms with van der Waals surface area (Å²) in [6, 6.07) is 0. The second-order valence-corrected chi connectivity index (χ2v) is 11.2. The molecule has 0 radical (unpaired) electrons. The van der Waals surface area contributed by atoms with Gasteiger partial charge in [-0.2, -0.15) is 0 Å². The second kappa shape index (κ2) is 18.4. The topological polar surface area (TPSA) is 168 Å². The van der Waals surface area contributed by atoms with Gasteiger partial charge in [-0.25, -0.2) is 0 Å². The molecular weight excluding hydrogens is 620 g/mol. The number of hydrogen-bond acceptors (Lipinski definition) is 17. The summed E-state index contributed by atoms with van der Waals surface area (Å²) in [5.41, 5.74) is 0. The van der Waals surface area contributed by atoms with Crippen molar-refractivity contribution in [3.05, 3.63) is 0 Å².